The summed E-state index contributed by atoms with van der Waals surface area (Å²) in [5.74, 6) is 0.497. The lowest BCUT2D eigenvalue weighted by atomic mass is 10.2. The number of aryl methyl sites for hydroxylation is 2. The van der Waals surface area contributed by atoms with Crippen molar-refractivity contribution in [3.63, 3.8) is 0 Å². The fourth-order valence-electron chi connectivity index (χ4n) is 1.44. The number of hydrogen-bond acceptors (Lipinski definition) is 3. The molecule has 2 aromatic rings. The fraction of sp³-hybridized carbons (Fsp3) is 0.182. The van der Waals surface area contributed by atoms with Crippen molar-refractivity contribution < 1.29 is 0 Å². The molecule has 0 bridgehead atoms. The van der Waals surface area contributed by atoms with Gasteiger partial charge in [0.15, 0.2) is 5.82 Å². The van der Waals surface area contributed by atoms with Crippen molar-refractivity contribution in [3.8, 4) is 5.69 Å². The van der Waals surface area contributed by atoms with E-state index in [-0.39, 0.29) is 0 Å². The van der Waals surface area contributed by atoms with Crippen LogP contribution >= 0.6 is 0 Å². The fourth-order valence-corrected chi connectivity index (χ4v) is 1.44. The molecular formula is C11H14N4. The second kappa shape index (κ2) is 3.31. The zero-order valence-corrected chi connectivity index (χ0v) is 8.86. The average Bonchev–Trinajstić information content (AvgIpc) is 2.47. The van der Waals surface area contributed by atoms with Gasteiger partial charge >= 0.3 is 0 Å². The van der Waals surface area contributed by atoms with E-state index in [0.29, 0.717) is 11.5 Å². The predicted molar refractivity (Wildman–Crippen MR) is 61.9 cm³/mol. The molecule has 78 valence electrons. The first-order chi connectivity index (χ1) is 7.09. The van der Waals surface area contributed by atoms with Crippen LogP contribution in [0.2, 0.25) is 0 Å². The number of hydrogen-bond donors (Lipinski definition) is 2. The van der Waals surface area contributed by atoms with Crippen molar-refractivity contribution in [2.24, 2.45) is 0 Å². The third-order valence-corrected chi connectivity index (χ3v) is 2.42. The lowest BCUT2D eigenvalue weighted by Crippen LogP contribution is -2.02. The van der Waals surface area contributed by atoms with Crippen molar-refractivity contribution in [2.45, 2.75) is 13.8 Å². The Morgan fingerprint density at radius 3 is 2.13 bits per heavy atom. The van der Waals surface area contributed by atoms with Crippen LogP contribution in [0.5, 0.6) is 0 Å². The van der Waals surface area contributed by atoms with E-state index >= 15 is 0 Å². The van der Waals surface area contributed by atoms with Crippen LogP contribution in [-0.2, 0) is 0 Å². The van der Waals surface area contributed by atoms with Crippen molar-refractivity contribution >= 4 is 11.5 Å². The molecule has 4 heteroatoms. The minimum absolute atomic E-state index is 0.497. The number of benzene rings is 1. The Bertz CT molecular complexity index is 482. The maximum absolute atomic E-state index is 5.85. The third kappa shape index (κ3) is 1.54. The van der Waals surface area contributed by atoms with E-state index in [1.165, 1.54) is 5.56 Å². The quantitative estimate of drug-likeness (QED) is 0.738. The zero-order valence-electron chi connectivity index (χ0n) is 8.86. The van der Waals surface area contributed by atoms with Gasteiger partial charge in [-0.25, -0.2) is 4.68 Å². The normalized spacial score (nSPS) is 10.5. The molecule has 4 nitrogen and oxygen atoms in total. The molecule has 0 atom stereocenters. The molecule has 1 heterocycles. The Kier molecular flexibility index (Phi) is 2.11. The molecule has 0 saturated carbocycles. The highest BCUT2D eigenvalue weighted by Crippen LogP contribution is 2.22. The van der Waals surface area contributed by atoms with Crippen LogP contribution in [0.25, 0.3) is 5.69 Å². The van der Waals surface area contributed by atoms with Crippen LogP contribution < -0.4 is 11.5 Å². The molecule has 0 saturated heterocycles. The zero-order chi connectivity index (χ0) is 11.0. The van der Waals surface area contributed by atoms with Crippen molar-refractivity contribution in [3.05, 3.63) is 35.5 Å². The van der Waals surface area contributed by atoms with E-state index in [0.717, 1.165) is 11.4 Å². The standard InChI is InChI=1S/C11H14N4/c1-7-3-5-9(6-4-7)15-11(13)10(12)8(2)14-15/h3-6H,12-13H2,1-2H3. The molecular weight excluding hydrogens is 188 g/mol. The van der Waals surface area contributed by atoms with Gasteiger partial charge in [-0.05, 0) is 26.0 Å². The van der Waals surface area contributed by atoms with Crippen molar-refractivity contribution in [1.29, 1.82) is 0 Å². The van der Waals surface area contributed by atoms with E-state index in [4.69, 9.17) is 11.5 Å². The molecule has 1 aromatic carbocycles. The van der Waals surface area contributed by atoms with Gasteiger partial charge < -0.3 is 11.5 Å². The number of aromatic nitrogens is 2. The van der Waals surface area contributed by atoms with Gasteiger partial charge in [-0.3, -0.25) is 0 Å². The molecule has 0 fully saturated rings. The lowest BCUT2D eigenvalue weighted by Gasteiger charge is -2.03. The summed E-state index contributed by atoms with van der Waals surface area (Å²) in [6.07, 6.45) is 0. The lowest BCUT2D eigenvalue weighted by molar-refractivity contribution is 0.871. The summed E-state index contributed by atoms with van der Waals surface area (Å²) in [5.41, 5.74) is 15.1. The molecule has 0 unspecified atom stereocenters. The summed E-state index contributed by atoms with van der Waals surface area (Å²) >= 11 is 0. The smallest absolute Gasteiger partial charge is 0.150 e. The molecule has 0 aliphatic rings. The summed E-state index contributed by atoms with van der Waals surface area (Å²) in [7, 11) is 0. The van der Waals surface area contributed by atoms with Gasteiger partial charge in [0.25, 0.3) is 0 Å². The van der Waals surface area contributed by atoms with E-state index in [1.54, 1.807) is 4.68 Å². The van der Waals surface area contributed by atoms with E-state index < -0.39 is 0 Å². The Morgan fingerprint density at radius 1 is 1.07 bits per heavy atom. The van der Waals surface area contributed by atoms with Crippen LogP contribution in [0.4, 0.5) is 11.5 Å². The Morgan fingerprint density at radius 2 is 1.67 bits per heavy atom. The first kappa shape index (κ1) is 9.58. The first-order valence-electron chi connectivity index (χ1n) is 4.77. The first-order valence-corrected chi connectivity index (χ1v) is 4.77. The summed E-state index contributed by atoms with van der Waals surface area (Å²) in [6, 6.07) is 7.97. The molecule has 15 heavy (non-hydrogen) atoms. The molecule has 1 aromatic heterocycles. The minimum Gasteiger partial charge on any atom is -0.394 e. The van der Waals surface area contributed by atoms with Crippen LogP contribution in [0.1, 0.15) is 11.3 Å². The maximum Gasteiger partial charge on any atom is 0.150 e. The van der Waals surface area contributed by atoms with E-state index in [2.05, 4.69) is 5.10 Å². The highest BCUT2D eigenvalue weighted by Gasteiger charge is 2.09. The highest BCUT2D eigenvalue weighted by molar-refractivity contribution is 5.64. The summed E-state index contributed by atoms with van der Waals surface area (Å²) < 4.78 is 1.66. The Balaban J connectivity index is 2.54. The van der Waals surface area contributed by atoms with Crippen LogP contribution in [0.3, 0.4) is 0 Å². The highest BCUT2D eigenvalue weighted by atomic mass is 15.3. The molecule has 0 radical (unpaired) electrons. The third-order valence-electron chi connectivity index (χ3n) is 2.42. The van der Waals surface area contributed by atoms with Gasteiger partial charge in [-0.15, -0.1) is 0 Å². The van der Waals surface area contributed by atoms with Crippen LogP contribution in [0, 0.1) is 13.8 Å². The summed E-state index contributed by atoms with van der Waals surface area (Å²) in [5, 5.41) is 4.28. The minimum atomic E-state index is 0.497. The summed E-state index contributed by atoms with van der Waals surface area (Å²) in [4.78, 5) is 0. The van der Waals surface area contributed by atoms with Crippen molar-refractivity contribution in [2.75, 3.05) is 11.5 Å². The van der Waals surface area contributed by atoms with E-state index in [9.17, 15) is 0 Å². The number of rotatable bonds is 1. The molecule has 2 rings (SSSR count). The molecule has 0 aliphatic carbocycles. The van der Waals surface area contributed by atoms with Gasteiger partial charge in [-0.2, -0.15) is 5.10 Å². The largest absolute Gasteiger partial charge is 0.394 e. The second-order valence-electron chi connectivity index (χ2n) is 3.63. The molecule has 4 N–H and O–H groups in total. The van der Waals surface area contributed by atoms with Gasteiger partial charge in [-0.1, -0.05) is 17.7 Å². The molecule has 0 aliphatic heterocycles. The SMILES string of the molecule is Cc1ccc(-n2nc(C)c(N)c2N)cc1. The average molecular weight is 202 g/mol. The summed E-state index contributed by atoms with van der Waals surface area (Å²) in [6.45, 7) is 3.88. The van der Waals surface area contributed by atoms with Gasteiger partial charge in [0.2, 0.25) is 0 Å². The number of nitrogen functional groups attached to an aromatic ring is 2. The van der Waals surface area contributed by atoms with Gasteiger partial charge in [0, 0.05) is 0 Å². The molecule has 0 spiro atoms. The Labute approximate surface area is 88.5 Å². The van der Waals surface area contributed by atoms with Gasteiger partial charge in [0.1, 0.15) is 0 Å². The number of anilines is 2. The van der Waals surface area contributed by atoms with Crippen LogP contribution in [-0.4, -0.2) is 9.78 Å². The van der Waals surface area contributed by atoms with E-state index in [1.807, 2.05) is 38.1 Å². The number of nitrogens with zero attached hydrogens (tertiary/aromatic N) is 2. The topological polar surface area (TPSA) is 69.9 Å². The predicted octanol–water partition coefficient (Wildman–Crippen LogP) is 1.65. The van der Waals surface area contributed by atoms with Crippen molar-refractivity contribution in [1.82, 2.24) is 9.78 Å². The van der Waals surface area contributed by atoms with Gasteiger partial charge in [0.05, 0.1) is 17.1 Å². The van der Waals surface area contributed by atoms with Crippen LogP contribution in [0.15, 0.2) is 24.3 Å². The second-order valence-corrected chi connectivity index (χ2v) is 3.63. The number of nitrogens with two attached hydrogens (primary N) is 2. The Hall–Kier alpha value is -1.97. The molecule has 0 amide bonds. The maximum atomic E-state index is 5.85. The monoisotopic (exact) mass is 202 g/mol.